The van der Waals surface area contributed by atoms with Crippen molar-refractivity contribution in [2.45, 2.75) is 39.3 Å². The number of rotatable bonds is 6. The molecule has 0 spiro atoms. The molecule has 8 heteroatoms. The number of carbonyl (C=O) groups excluding carboxylic acids is 1. The molecule has 3 N–H and O–H groups in total. The van der Waals surface area contributed by atoms with Gasteiger partial charge < -0.3 is 10.3 Å². The maximum Gasteiger partial charge on any atom is 0.240 e. The molecule has 7 nitrogen and oxygen atoms in total. The molecule has 1 aromatic carbocycles. The summed E-state index contributed by atoms with van der Waals surface area (Å²) in [5.74, 6) is 1.40. The molecule has 1 atom stereocenters. The van der Waals surface area contributed by atoms with Crippen LogP contribution in [0.25, 0.3) is 11.0 Å². The average molecular weight is 344 g/mol. The van der Waals surface area contributed by atoms with Gasteiger partial charge in [-0.1, -0.05) is 19.1 Å². The summed E-state index contributed by atoms with van der Waals surface area (Å²) >= 11 is 5.20. The highest BCUT2D eigenvalue weighted by molar-refractivity contribution is 7.71. The zero-order valence-corrected chi connectivity index (χ0v) is 14.5. The number of hydrogen-bond donors (Lipinski definition) is 3. The van der Waals surface area contributed by atoms with Gasteiger partial charge in [-0.3, -0.25) is 14.5 Å². The van der Waals surface area contributed by atoms with E-state index in [9.17, 15) is 4.79 Å². The Morgan fingerprint density at radius 1 is 1.42 bits per heavy atom. The Bertz CT molecular complexity index is 876. The highest BCUT2D eigenvalue weighted by atomic mass is 32.1. The van der Waals surface area contributed by atoms with Gasteiger partial charge in [0.05, 0.1) is 17.1 Å². The van der Waals surface area contributed by atoms with Crippen molar-refractivity contribution in [3.63, 3.8) is 0 Å². The summed E-state index contributed by atoms with van der Waals surface area (Å²) in [7, 11) is 0. The number of aromatic amines is 2. The first-order valence-corrected chi connectivity index (χ1v) is 8.37. The Balaban J connectivity index is 1.70. The van der Waals surface area contributed by atoms with Crippen molar-refractivity contribution in [3.05, 3.63) is 40.7 Å². The molecule has 0 saturated carbocycles. The van der Waals surface area contributed by atoms with Gasteiger partial charge in [-0.05, 0) is 37.7 Å². The largest absolute Gasteiger partial charge is 0.345 e. The number of para-hydroxylation sites is 2. The fourth-order valence-corrected chi connectivity index (χ4v) is 2.82. The van der Waals surface area contributed by atoms with E-state index < -0.39 is 0 Å². The minimum atomic E-state index is -0.222. The highest BCUT2D eigenvalue weighted by Crippen LogP contribution is 2.15. The van der Waals surface area contributed by atoms with Gasteiger partial charge in [0.1, 0.15) is 18.2 Å². The van der Waals surface area contributed by atoms with Crippen molar-refractivity contribution >= 4 is 29.2 Å². The molecule has 1 amide bonds. The first-order chi connectivity index (χ1) is 11.6. The van der Waals surface area contributed by atoms with Gasteiger partial charge >= 0.3 is 0 Å². The van der Waals surface area contributed by atoms with Gasteiger partial charge in [0.2, 0.25) is 5.91 Å². The molecule has 126 valence electrons. The summed E-state index contributed by atoms with van der Waals surface area (Å²) in [5, 5.41) is 9.87. The van der Waals surface area contributed by atoms with Crippen molar-refractivity contribution in [1.82, 2.24) is 30.0 Å². The van der Waals surface area contributed by atoms with E-state index in [-0.39, 0.29) is 18.5 Å². The lowest BCUT2D eigenvalue weighted by Crippen LogP contribution is -2.31. The lowest BCUT2D eigenvalue weighted by atomic mass is 10.3. The summed E-state index contributed by atoms with van der Waals surface area (Å²) < 4.78 is 2.20. The maximum absolute atomic E-state index is 12.4. The van der Waals surface area contributed by atoms with Crippen LogP contribution in [0.1, 0.15) is 38.0 Å². The van der Waals surface area contributed by atoms with E-state index in [2.05, 4.69) is 32.4 Å². The van der Waals surface area contributed by atoms with Crippen LogP contribution in [0.4, 0.5) is 0 Å². The van der Waals surface area contributed by atoms with E-state index in [1.807, 2.05) is 31.2 Å². The first kappa shape index (κ1) is 16.4. The zero-order chi connectivity index (χ0) is 17.1. The monoisotopic (exact) mass is 344 g/mol. The SMILES string of the molecule is CCCc1n[nH]c(=S)n1CC(=O)N[C@@H](C)c1nc2ccccc2[nH]1. The molecule has 0 aliphatic heterocycles. The molecule has 3 rings (SSSR count). The van der Waals surface area contributed by atoms with E-state index in [4.69, 9.17) is 12.2 Å². The number of nitrogens with zero attached hydrogens (tertiary/aromatic N) is 3. The smallest absolute Gasteiger partial charge is 0.240 e. The van der Waals surface area contributed by atoms with E-state index in [1.54, 1.807) is 4.57 Å². The molecule has 24 heavy (non-hydrogen) atoms. The van der Waals surface area contributed by atoms with Crippen LogP contribution >= 0.6 is 12.2 Å². The summed E-state index contributed by atoms with van der Waals surface area (Å²) in [6.07, 6.45) is 1.72. The van der Waals surface area contributed by atoms with Crippen LogP contribution in [0.3, 0.4) is 0 Å². The number of fused-ring (bicyclic) bond motifs is 1. The third-order valence-corrected chi connectivity index (χ3v) is 4.12. The molecule has 0 bridgehead atoms. The van der Waals surface area contributed by atoms with Gasteiger partial charge in [-0.25, -0.2) is 4.98 Å². The van der Waals surface area contributed by atoms with Gasteiger partial charge in [0, 0.05) is 6.42 Å². The summed E-state index contributed by atoms with van der Waals surface area (Å²) in [6.45, 7) is 4.11. The number of imidazole rings is 1. The average Bonchev–Trinajstić information content (AvgIpc) is 3.13. The van der Waals surface area contributed by atoms with E-state index >= 15 is 0 Å². The van der Waals surface area contributed by atoms with Gasteiger partial charge in [0.25, 0.3) is 0 Å². The topological polar surface area (TPSA) is 91.4 Å². The number of H-pyrrole nitrogens is 2. The summed E-state index contributed by atoms with van der Waals surface area (Å²) in [5.41, 5.74) is 1.84. The number of amides is 1. The minimum absolute atomic E-state index is 0.127. The fraction of sp³-hybridized carbons (Fsp3) is 0.375. The number of benzene rings is 1. The van der Waals surface area contributed by atoms with Crippen LogP contribution in [-0.4, -0.2) is 30.6 Å². The number of carbonyl (C=O) groups is 1. The van der Waals surface area contributed by atoms with E-state index in [1.165, 1.54) is 0 Å². The Kier molecular flexibility index (Phi) is 4.75. The molecule has 2 heterocycles. The Labute approximate surface area is 144 Å². The van der Waals surface area contributed by atoms with Crippen molar-refractivity contribution in [2.75, 3.05) is 0 Å². The summed E-state index contributed by atoms with van der Waals surface area (Å²) in [6, 6.07) is 7.56. The fourth-order valence-electron chi connectivity index (χ4n) is 2.60. The standard InChI is InChI=1S/C16H20N6OS/c1-3-6-13-20-21-16(24)22(13)9-14(23)17-10(2)15-18-11-7-4-5-8-12(11)19-15/h4-5,7-8,10H,3,6,9H2,1-2H3,(H,17,23)(H,18,19)(H,21,24)/t10-/m0/s1. The molecule has 0 aliphatic carbocycles. The molecule has 0 saturated heterocycles. The second kappa shape index (κ2) is 6.96. The van der Waals surface area contributed by atoms with Crippen molar-refractivity contribution in [3.8, 4) is 0 Å². The minimum Gasteiger partial charge on any atom is -0.345 e. The third kappa shape index (κ3) is 3.38. The zero-order valence-electron chi connectivity index (χ0n) is 13.7. The van der Waals surface area contributed by atoms with Crippen LogP contribution in [0, 0.1) is 4.77 Å². The van der Waals surface area contributed by atoms with Crippen LogP contribution in [0.5, 0.6) is 0 Å². The molecular weight excluding hydrogens is 324 g/mol. The second-order valence-electron chi connectivity index (χ2n) is 5.71. The lowest BCUT2D eigenvalue weighted by Gasteiger charge is -2.12. The Morgan fingerprint density at radius 3 is 2.96 bits per heavy atom. The number of nitrogens with one attached hydrogen (secondary N) is 3. The number of hydrogen-bond acceptors (Lipinski definition) is 4. The third-order valence-electron chi connectivity index (χ3n) is 3.81. The van der Waals surface area contributed by atoms with E-state index in [0.717, 1.165) is 35.5 Å². The first-order valence-electron chi connectivity index (χ1n) is 7.96. The van der Waals surface area contributed by atoms with Crippen LogP contribution in [0.2, 0.25) is 0 Å². The van der Waals surface area contributed by atoms with Crippen molar-refractivity contribution in [1.29, 1.82) is 0 Å². The van der Waals surface area contributed by atoms with Crippen LogP contribution < -0.4 is 5.32 Å². The van der Waals surface area contributed by atoms with Gasteiger partial charge in [0.15, 0.2) is 4.77 Å². The Hall–Kier alpha value is -2.48. The molecule has 3 aromatic rings. The molecule has 0 radical (unpaired) electrons. The lowest BCUT2D eigenvalue weighted by molar-refractivity contribution is -0.122. The Morgan fingerprint density at radius 2 is 2.21 bits per heavy atom. The van der Waals surface area contributed by atoms with Gasteiger partial charge in [-0.15, -0.1) is 0 Å². The predicted molar refractivity (Wildman–Crippen MR) is 94.1 cm³/mol. The molecule has 0 fully saturated rings. The number of aryl methyl sites for hydroxylation is 1. The van der Waals surface area contributed by atoms with Gasteiger partial charge in [-0.2, -0.15) is 5.10 Å². The maximum atomic E-state index is 12.4. The van der Waals surface area contributed by atoms with Crippen molar-refractivity contribution in [2.24, 2.45) is 0 Å². The van der Waals surface area contributed by atoms with E-state index in [0.29, 0.717) is 4.77 Å². The normalized spacial score (nSPS) is 12.4. The molecule has 2 aromatic heterocycles. The second-order valence-corrected chi connectivity index (χ2v) is 6.10. The number of aromatic nitrogens is 5. The highest BCUT2D eigenvalue weighted by Gasteiger charge is 2.15. The summed E-state index contributed by atoms with van der Waals surface area (Å²) in [4.78, 5) is 20.1. The quantitative estimate of drug-likeness (QED) is 0.600. The van der Waals surface area contributed by atoms with Crippen LogP contribution in [-0.2, 0) is 17.8 Å². The predicted octanol–water partition coefficient (Wildman–Crippen LogP) is 2.65. The molecular formula is C16H20N6OS. The molecule has 0 aliphatic rings. The van der Waals surface area contributed by atoms with Crippen LogP contribution in [0.15, 0.2) is 24.3 Å². The van der Waals surface area contributed by atoms with Crippen molar-refractivity contribution < 1.29 is 4.79 Å². The molecule has 0 unspecified atom stereocenters.